The normalized spacial score (nSPS) is 10.1. The van der Waals surface area contributed by atoms with Crippen molar-refractivity contribution >= 4 is 16.9 Å². The number of thiophene rings is 1. The molecule has 1 aromatic heterocycles. The van der Waals surface area contributed by atoms with Crippen molar-refractivity contribution in [2.75, 3.05) is 0 Å². The van der Waals surface area contributed by atoms with Crippen molar-refractivity contribution in [2.45, 2.75) is 6.92 Å². The van der Waals surface area contributed by atoms with Crippen molar-refractivity contribution in [1.82, 2.24) is 0 Å². The molecule has 0 amide bonds. The highest BCUT2D eigenvalue weighted by molar-refractivity contribution is 7.11. The molecule has 2 aromatic rings. The van der Waals surface area contributed by atoms with Crippen molar-refractivity contribution < 1.29 is 0 Å². The molecule has 70 valence electrons. The molecule has 1 heteroatoms. The van der Waals surface area contributed by atoms with Gasteiger partial charge in [-0.1, -0.05) is 36.9 Å². The lowest BCUT2D eigenvalue weighted by Gasteiger charge is -2.01. The molecule has 0 atom stereocenters. The minimum absolute atomic E-state index is 1.11. The SMILES string of the molecule is C=C(c1ccccc1)c1cc(C)cs1. The van der Waals surface area contributed by atoms with Gasteiger partial charge in [-0.05, 0) is 35.1 Å². The molecular weight excluding hydrogens is 188 g/mol. The van der Waals surface area contributed by atoms with Crippen LogP contribution in [0.3, 0.4) is 0 Å². The van der Waals surface area contributed by atoms with E-state index < -0.39 is 0 Å². The van der Waals surface area contributed by atoms with Crippen molar-refractivity contribution in [3.8, 4) is 0 Å². The Morgan fingerprint density at radius 3 is 2.50 bits per heavy atom. The van der Waals surface area contributed by atoms with E-state index in [-0.39, 0.29) is 0 Å². The van der Waals surface area contributed by atoms with Gasteiger partial charge < -0.3 is 0 Å². The van der Waals surface area contributed by atoms with Crippen LogP contribution < -0.4 is 0 Å². The Labute approximate surface area is 88.5 Å². The fourth-order valence-corrected chi connectivity index (χ4v) is 2.27. The Kier molecular flexibility index (Phi) is 2.51. The first-order chi connectivity index (χ1) is 6.77. The van der Waals surface area contributed by atoms with Crippen LogP contribution in [-0.4, -0.2) is 0 Å². The van der Waals surface area contributed by atoms with Crippen molar-refractivity contribution in [3.05, 3.63) is 64.4 Å². The molecule has 0 nitrogen and oxygen atoms in total. The summed E-state index contributed by atoms with van der Waals surface area (Å²) in [6.45, 7) is 6.23. The molecule has 0 spiro atoms. The number of benzene rings is 1. The van der Waals surface area contributed by atoms with Crippen LogP contribution in [0.4, 0.5) is 0 Å². The van der Waals surface area contributed by atoms with Gasteiger partial charge in [-0.25, -0.2) is 0 Å². The van der Waals surface area contributed by atoms with Crippen molar-refractivity contribution in [1.29, 1.82) is 0 Å². The molecule has 0 saturated carbocycles. The second-order valence-corrected chi connectivity index (χ2v) is 4.24. The molecule has 0 N–H and O–H groups in total. The van der Waals surface area contributed by atoms with Gasteiger partial charge in [0.2, 0.25) is 0 Å². The van der Waals surface area contributed by atoms with Gasteiger partial charge in [0.15, 0.2) is 0 Å². The number of aryl methyl sites for hydroxylation is 1. The lowest BCUT2D eigenvalue weighted by atomic mass is 10.1. The zero-order chi connectivity index (χ0) is 9.97. The lowest BCUT2D eigenvalue weighted by molar-refractivity contribution is 1.54. The van der Waals surface area contributed by atoms with E-state index >= 15 is 0 Å². The van der Waals surface area contributed by atoms with Crippen LogP contribution in [-0.2, 0) is 0 Å². The maximum atomic E-state index is 4.12. The van der Waals surface area contributed by atoms with Gasteiger partial charge in [0.25, 0.3) is 0 Å². The molecule has 0 radical (unpaired) electrons. The average molecular weight is 200 g/mol. The zero-order valence-electron chi connectivity index (χ0n) is 8.16. The fraction of sp³-hybridized carbons (Fsp3) is 0.0769. The summed E-state index contributed by atoms with van der Waals surface area (Å²) in [5, 5.41) is 2.16. The minimum Gasteiger partial charge on any atom is -0.144 e. The number of hydrogen-bond acceptors (Lipinski definition) is 1. The molecule has 0 aliphatic rings. The molecule has 1 heterocycles. The van der Waals surface area contributed by atoms with Crippen LogP contribution in [0, 0.1) is 6.92 Å². The first kappa shape index (κ1) is 9.22. The topological polar surface area (TPSA) is 0 Å². The predicted molar refractivity (Wildman–Crippen MR) is 63.6 cm³/mol. The maximum absolute atomic E-state index is 4.12. The third-order valence-corrected chi connectivity index (χ3v) is 3.26. The van der Waals surface area contributed by atoms with Crippen molar-refractivity contribution in [2.24, 2.45) is 0 Å². The van der Waals surface area contributed by atoms with E-state index in [9.17, 15) is 0 Å². The smallest absolute Gasteiger partial charge is 0.0345 e. The summed E-state index contributed by atoms with van der Waals surface area (Å²) < 4.78 is 0. The van der Waals surface area contributed by atoms with E-state index in [0.717, 1.165) is 5.57 Å². The molecule has 0 saturated heterocycles. The summed E-state index contributed by atoms with van der Waals surface area (Å²) in [6, 6.07) is 12.5. The van der Waals surface area contributed by atoms with Gasteiger partial charge in [-0.2, -0.15) is 0 Å². The van der Waals surface area contributed by atoms with Crippen LogP contribution >= 0.6 is 11.3 Å². The van der Waals surface area contributed by atoms with Crippen LogP contribution in [0.15, 0.2) is 48.4 Å². The molecule has 14 heavy (non-hydrogen) atoms. The Balaban J connectivity index is 2.34. The minimum atomic E-state index is 1.11. The second-order valence-electron chi connectivity index (χ2n) is 3.33. The Morgan fingerprint density at radius 2 is 1.93 bits per heavy atom. The van der Waals surface area contributed by atoms with Crippen LogP contribution in [0.25, 0.3) is 5.57 Å². The Bertz CT molecular complexity index is 437. The average Bonchev–Trinajstić information content (AvgIpc) is 2.65. The quantitative estimate of drug-likeness (QED) is 0.684. The molecule has 0 aliphatic carbocycles. The van der Waals surface area contributed by atoms with Gasteiger partial charge in [-0.15, -0.1) is 11.3 Å². The highest BCUT2D eigenvalue weighted by Gasteiger charge is 2.03. The highest BCUT2D eigenvalue weighted by atomic mass is 32.1. The van der Waals surface area contributed by atoms with Gasteiger partial charge in [0.1, 0.15) is 0 Å². The van der Waals surface area contributed by atoms with E-state index in [1.807, 2.05) is 18.2 Å². The van der Waals surface area contributed by atoms with E-state index in [2.05, 4.69) is 37.1 Å². The second kappa shape index (κ2) is 3.81. The predicted octanol–water partition coefficient (Wildman–Crippen LogP) is 4.12. The fourth-order valence-electron chi connectivity index (χ4n) is 1.37. The van der Waals surface area contributed by atoms with E-state index in [1.54, 1.807) is 11.3 Å². The van der Waals surface area contributed by atoms with E-state index in [1.165, 1.54) is 16.0 Å². The van der Waals surface area contributed by atoms with Crippen LogP contribution in [0.1, 0.15) is 16.0 Å². The molecule has 0 bridgehead atoms. The van der Waals surface area contributed by atoms with Gasteiger partial charge >= 0.3 is 0 Å². The van der Waals surface area contributed by atoms with Gasteiger partial charge in [-0.3, -0.25) is 0 Å². The Hall–Kier alpha value is -1.34. The molecule has 0 unspecified atom stereocenters. The molecule has 0 fully saturated rings. The first-order valence-electron chi connectivity index (χ1n) is 4.57. The summed E-state index contributed by atoms with van der Waals surface area (Å²) in [7, 11) is 0. The Morgan fingerprint density at radius 1 is 1.21 bits per heavy atom. The van der Waals surface area contributed by atoms with Gasteiger partial charge in [0, 0.05) is 4.88 Å². The van der Waals surface area contributed by atoms with Crippen molar-refractivity contribution in [3.63, 3.8) is 0 Å². The standard InChI is InChI=1S/C13H12S/c1-10-8-13(14-9-10)11(2)12-6-4-3-5-7-12/h3-9H,2H2,1H3. The van der Waals surface area contributed by atoms with Crippen LogP contribution in [0.5, 0.6) is 0 Å². The van der Waals surface area contributed by atoms with E-state index in [0.29, 0.717) is 0 Å². The third kappa shape index (κ3) is 1.78. The summed E-state index contributed by atoms with van der Waals surface area (Å²) in [4.78, 5) is 1.26. The third-order valence-electron chi connectivity index (χ3n) is 2.15. The molecule has 2 rings (SSSR count). The molecule has 1 aromatic carbocycles. The highest BCUT2D eigenvalue weighted by Crippen LogP contribution is 2.26. The summed E-state index contributed by atoms with van der Waals surface area (Å²) in [6.07, 6.45) is 0. The monoisotopic (exact) mass is 200 g/mol. The molecule has 0 aliphatic heterocycles. The number of rotatable bonds is 2. The summed E-state index contributed by atoms with van der Waals surface area (Å²) in [5.41, 5.74) is 3.63. The zero-order valence-corrected chi connectivity index (χ0v) is 8.97. The van der Waals surface area contributed by atoms with Gasteiger partial charge in [0.05, 0.1) is 0 Å². The summed E-state index contributed by atoms with van der Waals surface area (Å²) >= 11 is 1.75. The van der Waals surface area contributed by atoms with Crippen LogP contribution in [0.2, 0.25) is 0 Å². The summed E-state index contributed by atoms with van der Waals surface area (Å²) in [5.74, 6) is 0. The van der Waals surface area contributed by atoms with E-state index in [4.69, 9.17) is 0 Å². The largest absolute Gasteiger partial charge is 0.144 e. The first-order valence-corrected chi connectivity index (χ1v) is 5.45. The number of hydrogen-bond donors (Lipinski definition) is 0. The molecular formula is C13H12S. The lowest BCUT2D eigenvalue weighted by Crippen LogP contribution is -1.80. The maximum Gasteiger partial charge on any atom is 0.0345 e.